The number of methoxy groups -OCH3 is 1. The van der Waals surface area contributed by atoms with Crippen molar-refractivity contribution in [1.82, 2.24) is 5.32 Å². The van der Waals surface area contributed by atoms with Crippen LogP contribution in [0.3, 0.4) is 0 Å². The molecule has 0 aromatic rings. The smallest absolute Gasteiger partial charge is 0.245 e. The minimum atomic E-state index is -0.149. The van der Waals surface area contributed by atoms with Gasteiger partial charge in [0.05, 0.1) is 4.99 Å². The van der Waals surface area contributed by atoms with Gasteiger partial charge in [0.1, 0.15) is 6.61 Å². The van der Waals surface area contributed by atoms with Crippen molar-refractivity contribution in [3.63, 3.8) is 0 Å². The summed E-state index contributed by atoms with van der Waals surface area (Å²) in [5.74, 6) is -0.149. The van der Waals surface area contributed by atoms with Crippen molar-refractivity contribution in [1.29, 1.82) is 0 Å². The van der Waals surface area contributed by atoms with Crippen LogP contribution in [0.15, 0.2) is 0 Å². The summed E-state index contributed by atoms with van der Waals surface area (Å²) in [5, 5.41) is 2.58. The Hall–Kier alpha value is -0.680. The van der Waals surface area contributed by atoms with Crippen LogP contribution in [-0.4, -0.2) is 31.2 Å². The molecular formula is C6H12N2O2S. The maximum absolute atomic E-state index is 10.7. The van der Waals surface area contributed by atoms with Gasteiger partial charge >= 0.3 is 0 Å². The van der Waals surface area contributed by atoms with Crippen LogP contribution in [0.2, 0.25) is 0 Å². The molecule has 0 bridgehead atoms. The van der Waals surface area contributed by atoms with Gasteiger partial charge in [0.15, 0.2) is 0 Å². The second-order valence-electron chi connectivity index (χ2n) is 2.00. The van der Waals surface area contributed by atoms with Crippen LogP contribution in [0, 0.1) is 0 Å². The molecule has 0 fully saturated rings. The second-order valence-corrected chi connectivity index (χ2v) is 2.52. The summed E-state index contributed by atoms with van der Waals surface area (Å²) < 4.78 is 4.59. The Kier molecular flexibility index (Phi) is 5.68. The van der Waals surface area contributed by atoms with Crippen molar-refractivity contribution in [3.05, 3.63) is 0 Å². The second kappa shape index (κ2) is 6.06. The molecule has 0 saturated heterocycles. The molecule has 0 aliphatic rings. The first-order chi connectivity index (χ1) is 5.16. The van der Waals surface area contributed by atoms with Gasteiger partial charge in [-0.3, -0.25) is 4.79 Å². The molecular weight excluding hydrogens is 164 g/mol. The molecule has 0 atom stereocenters. The van der Waals surface area contributed by atoms with E-state index in [2.05, 4.69) is 22.3 Å². The first-order valence-electron chi connectivity index (χ1n) is 3.20. The first-order valence-corrected chi connectivity index (χ1v) is 3.61. The summed E-state index contributed by atoms with van der Waals surface area (Å²) in [5.41, 5.74) is 5.20. The standard InChI is InChI=1S/C6H12N2O2S/c1-10-4-6(9)8-3-2-5(7)11/h2-4H2,1H3,(H2,7,11)(H,8,9). The minimum Gasteiger partial charge on any atom is -0.393 e. The number of carbonyl (C=O) groups excluding carboxylic acids is 1. The van der Waals surface area contributed by atoms with Gasteiger partial charge < -0.3 is 15.8 Å². The highest BCUT2D eigenvalue weighted by molar-refractivity contribution is 7.80. The fourth-order valence-electron chi connectivity index (χ4n) is 0.507. The molecule has 0 aliphatic heterocycles. The van der Waals surface area contributed by atoms with Crippen LogP contribution in [-0.2, 0) is 9.53 Å². The summed E-state index contributed by atoms with van der Waals surface area (Å²) in [4.78, 5) is 11.1. The molecule has 11 heavy (non-hydrogen) atoms. The minimum absolute atomic E-state index is 0.0807. The molecule has 0 spiro atoms. The van der Waals surface area contributed by atoms with Gasteiger partial charge in [-0.15, -0.1) is 0 Å². The largest absolute Gasteiger partial charge is 0.393 e. The van der Waals surface area contributed by atoms with Gasteiger partial charge in [-0.25, -0.2) is 0 Å². The zero-order valence-electron chi connectivity index (χ0n) is 6.42. The number of hydrogen-bond donors (Lipinski definition) is 2. The number of amides is 1. The van der Waals surface area contributed by atoms with Crippen LogP contribution >= 0.6 is 12.2 Å². The topological polar surface area (TPSA) is 64.3 Å². The number of nitrogens with one attached hydrogen (secondary N) is 1. The Balaban J connectivity index is 3.24. The van der Waals surface area contributed by atoms with Crippen LogP contribution in [0.1, 0.15) is 6.42 Å². The van der Waals surface area contributed by atoms with Crippen LogP contribution in [0.5, 0.6) is 0 Å². The number of ether oxygens (including phenoxy) is 1. The Bertz CT molecular complexity index is 150. The summed E-state index contributed by atoms with van der Waals surface area (Å²) in [6.07, 6.45) is 0.533. The average Bonchev–Trinajstić information content (AvgIpc) is 1.87. The van der Waals surface area contributed by atoms with Crippen molar-refractivity contribution < 1.29 is 9.53 Å². The predicted molar refractivity (Wildman–Crippen MR) is 46.3 cm³/mol. The molecule has 5 heteroatoms. The molecule has 0 aromatic carbocycles. The third-order valence-electron chi connectivity index (χ3n) is 0.969. The monoisotopic (exact) mass is 176 g/mol. The fraction of sp³-hybridized carbons (Fsp3) is 0.667. The summed E-state index contributed by atoms with van der Waals surface area (Å²) >= 11 is 4.61. The highest BCUT2D eigenvalue weighted by atomic mass is 32.1. The van der Waals surface area contributed by atoms with Crippen molar-refractivity contribution in [2.45, 2.75) is 6.42 Å². The fourth-order valence-corrected chi connectivity index (χ4v) is 0.609. The van der Waals surface area contributed by atoms with E-state index in [1.54, 1.807) is 0 Å². The summed E-state index contributed by atoms with van der Waals surface area (Å²) in [6.45, 7) is 0.564. The summed E-state index contributed by atoms with van der Waals surface area (Å²) in [6, 6.07) is 0. The Morgan fingerprint density at radius 2 is 2.36 bits per heavy atom. The molecule has 0 aromatic heterocycles. The molecule has 0 unspecified atom stereocenters. The predicted octanol–water partition coefficient (Wildman–Crippen LogP) is -0.575. The van der Waals surface area contributed by atoms with Gasteiger partial charge in [0.2, 0.25) is 5.91 Å². The third-order valence-corrected chi connectivity index (χ3v) is 1.17. The van der Waals surface area contributed by atoms with Crippen molar-refractivity contribution in [3.8, 4) is 0 Å². The van der Waals surface area contributed by atoms with Crippen molar-refractivity contribution in [2.24, 2.45) is 5.73 Å². The number of hydrogen-bond acceptors (Lipinski definition) is 3. The average molecular weight is 176 g/mol. The highest BCUT2D eigenvalue weighted by Gasteiger charge is 1.97. The molecule has 0 heterocycles. The Morgan fingerprint density at radius 1 is 1.73 bits per heavy atom. The van der Waals surface area contributed by atoms with Crippen LogP contribution in [0.4, 0.5) is 0 Å². The molecule has 0 radical (unpaired) electrons. The van der Waals surface area contributed by atoms with Crippen LogP contribution < -0.4 is 11.1 Å². The lowest BCUT2D eigenvalue weighted by molar-refractivity contribution is -0.124. The molecule has 0 saturated carbocycles. The maximum Gasteiger partial charge on any atom is 0.245 e. The van der Waals surface area contributed by atoms with Gasteiger partial charge in [-0.2, -0.15) is 0 Å². The number of rotatable bonds is 5. The SMILES string of the molecule is COCC(=O)NCCC(N)=S. The normalized spacial score (nSPS) is 9.18. The number of carbonyl (C=O) groups is 1. The van der Waals surface area contributed by atoms with E-state index in [0.717, 1.165) is 0 Å². The highest BCUT2D eigenvalue weighted by Crippen LogP contribution is 1.76. The molecule has 3 N–H and O–H groups in total. The molecule has 64 valence electrons. The van der Waals surface area contributed by atoms with E-state index in [1.807, 2.05) is 0 Å². The van der Waals surface area contributed by atoms with Gasteiger partial charge in [-0.05, 0) is 0 Å². The molecule has 0 aliphatic carbocycles. The summed E-state index contributed by atoms with van der Waals surface area (Å²) in [7, 11) is 1.47. The lowest BCUT2D eigenvalue weighted by Gasteiger charge is -2.02. The Morgan fingerprint density at radius 3 is 2.82 bits per heavy atom. The van der Waals surface area contributed by atoms with Gasteiger partial charge in [-0.1, -0.05) is 12.2 Å². The van der Waals surface area contributed by atoms with E-state index in [1.165, 1.54) is 7.11 Å². The van der Waals surface area contributed by atoms with E-state index in [-0.39, 0.29) is 12.5 Å². The van der Waals surface area contributed by atoms with E-state index in [4.69, 9.17) is 5.73 Å². The quantitative estimate of drug-likeness (QED) is 0.550. The van der Waals surface area contributed by atoms with Crippen LogP contribution in [0.25, 0.3) is 0 Å². The molecule has 4 nitrogen and oxygen atoms in total. The van der Waals surface area contributed by atoms with Gasteiger partial charge in [0, 0.05) is 20.1 Å². The Labute approximate surface area is 71.1 Å². The number of thiocarbonyl (C=S) groups is 1. The van der Waals surface area contributed by atoms with Gasteiger partial charge in [0.25, 0.3) is 0 Å². The maximum atomic E-state index is 10.7. The van der Waals surface area contributed by atoms with E-state index in [0.29, 0.717) is 18.0 Å². The van der Waals surface area contributed by atoms with E-state index >= 15 is 0 Å². The zero-order chi connectivity index (χ0) is 8.69. The molecule has 0 rings (SSSR count). The molecule has 1 amide bonds. The lowest BCUT2D eigenvalue weighted by Crippen LogP contribution is -2.30. The van der Waals surface area contributed by atoms with Crippen molar-refractivity contribution in [2.75, 3.05) is 20.3 Å². The first kappa shape index (κ1) is 10.3. The lowest BCUT2D eigenvalue weighted by atomic mass is 10.4. The third kappa shape index (κ3) is 7.21. The number of nitrogens with two attached hydrogens (primary N) is 1. The van der Waals surface area contributed by atoms with E-state index < -0.39 is 0 Å². The van der Waals surface area contributed by atoms with E-state index in [9.17, 15) is 4.79 Å². The van der Waals surface area contributed by atoms with Crippen molar-refractivity contribution >= 4 is 23.1 Å². The zero-order valence-corrected chi connectivity index (χ0v) is 7.24.